The van der Waals surface area contributed by atoms with Crippen LogP contribution in [0.3, 0.4) is 0 Å². The lowest BCUT2D eigenvalue weighted by molar-refractivity contribution is 0.0140. The largest absolute Gasteiger partial charge is 0.496 e. The lowest BCUT2D eigenvalue weighted by Gasteiger charge is -2.35. The molecule has 1 aromatic rings. The van der Waals surface area contributed by atoms with Crippen LogP contribution in [0.2, 0.25) is 0 Å². The lowest BCUT2D eigenvalue weighted by Crippen LogP contribution is -2.51. The number of carbonyl (C=O) groups is 2. The maximum absolute atomic E-state index is 12.8. The van der Waals surface area contributed by atoms with Gasteiger partial charge in [0.1, 0.15) is 11.4 Å². The average molecular weight is 399 g/mol. The number of nitrogens with zero attached hydrogens (tertiary/aromatic N) is 2. The number of ether oxygens (including phenoxy) is 2. The Morgan fingerprint density at radius 2 is 1.63 bits per heavy atom. The van der Waals surface area contributed by atoms with Crippen LogP contribution in [0, 0.1) is 0 Å². The Balaban J connectivity index is 2.13. The van der Waals surface area contributed by atoms with Crippen molar-refractivity contribution in [2.24, 2.45) is 5.14 Å². The summed E-state index contributed by atoms with van der Waals surface area (Å²) in [5.74, 6) is -0.136. The lowest BCUT2D eigenvalue weighted by atomic mass is 10.1. The molecule has 27 heavy (non-hydrogen) atoms. The number of hydrogen-bond donors (Lipinski definition) is 1. The van der Waals surface area contributed by atoms with Gasteiger partial charge in [0.25, 0.3) is 5.91 Å². The molecule has 0 unspecified atom stereocenters. The number of primary sulfonamides is 1. The molecule has 150 valence electrons. The molecular formula is C17H25N3O6S. The van der Waals surface area contributed by atoms with Gasteiger partial charge in [-0.25, -0.2) is 18.4 Å². The number of hydrogen-bond acceptors (Lipinski definition) is 6. The maximum Gasteiger partial charge on any atom is 0.410 e. The highest BCUT2D eigenvalue weighted by Gasteiger charge is 2.29. The molecule has 0 bridgehead atoms. The molecule has 0 saturated carbocycles. The summed E-state index contributed by atoms with van der Waals surface area (Å²) in [7, 11) is -2.56. The third-order valence-electron chi connectivity index (χ3n) is 3.95. The molecule has 1 aliphatic heterocycles. The van der Waals surface area contributed by atoms with E-state index in [9.17, 15) is 18.0 Å². The Morgan fingerprint density at radius 3 is 2.11 bits per heavy atom. The molecule has 9 nitrogen and oxygen atoms in total. The second kappa shape index (κ2) is 7.73. The number of benzene rings is 1. The van der Waals surface area contributed by atoms with Crippen LogP contribution in [-0.2, 0) is 14.8 Å². The van der Waals surface area contributed by atoms with E-state index in [1.54, 1.807) is 20.8 Å². The molecule has 1 aliphatic rings. The van der Waals surface area contributed by atoms with Crippen molar-refractivity contribution in [1.82, 2.24) is 9.80 Å². The fraction of sp³-hybridized carbons (Fsp3) is 0.529. The summed E-state index contributed by atoms with van der Waals surface area (Å²) in [4.78, 5) is 27.9. The molecule has 2 N–H and O–H groups in total. The van der Waals surface area contributed by atoms with Gasteiger partial charge in [0.15, 0.2) is 0 Å². The highest BCUT2D eigenvalue weighted by atomic mass is 32.2. The van der Waals surface area contributed by atoms with Crippen molar-refractivity contribution >= 4 is 22.0 Å². The smallest absolute Gasteiger partial charge is 0.410 e. The Labute approximate surface area is 159 Å². The Kier molecular flexibility index (Phi) is 6.01. The maximum atomic E-state index is 12.8. The normalized spacial score (nSPS) is 15.4. The number of sulfonamides is 1. The van der Waals surface area contributed by atoms with Gasteiger partial charge < -0.3 is 19.3 Å². The Bertz CT molecular complexity index is 824. The van der Waals surface area contributed by atoms with Gasteiger partial charge in [0.05, 0.1) is 17.6 Å². The van der Waals surface area contributed by atoms with Gasteiger partial charge in [-0.15, -0.1) is 0 Å². The zero-order valence-electron chi connectivity index (χ0n) is 15.9. The first-order chi connectivity index (χ1) is 12.4. The molecule has 2 amide bonds. The van der Waals surface area contributed by atoms with Crippen LogP contribution in [0.1, 0.15) is 31.1 Å². The van der Waals surface area contributed by atoms with Crippen molar-refractivity contribution in [1.29, 1.82) is 0 Å². The minimum absolute atomic E-state index is 0.106. The third kappa shape index (κ3) is 5.33. The SMILES string of the molecule is COc1ccc(S(N)(=O)=O)cc1C(=O)N1CCN(C(=O)OC(C)(C)C)CC1. The number of rotatable bonds is 3. The number of amides is 2. The van der Waals surface area contributed by atoms with E-state index >= 15 is 0 Å². The second-order valence-electron chi connectivity index (χ2n) is 7.17. The second-order valence-corrected chi connectivity index (χ2v) is 8.73. The molecular weight excluding hydrogens is 374 g/mol. The van der Waals surface area contributed by atoms with Crippen molar-refractivity contribution in [2.45, 2.75) is 31.3 Å². The van der Waals surface area contributed by atoms with Crippen LogP contribution in [0.25, 0.3) is 0 Å². The van der Waals surface area contributed by atoms with E-state index in [4.69, 9.17) is 14.6 Å². The van der Waals surface area contributed by atoms with Gasteiger partial charge in [-0.05, 0) is 39.0 Å². The molecule has 0 atom stereocenters. The molecule has 10 heteroatoms. The minimum Gasteiger partial charge on any atom is -0.496 e. The first kappa shape index (κ1) is 21.0. The van der Waals surface area contributed by atoms with Crippen molar-refractivity contribution in [3.8, 4) is 5.75 Å². The monoisotopic (exact) mass is 399 g/mol. The number of methoxy groups -OCH3 is 1. The standard InChI is InChI=1S/C17H25N3O6S/c1-17(2,3)26-16(22)20-9-7-19(8-10-20)15(21)13-11-12(27(18,23)24)5-6-14(13)25-4/h5-6,11H,7-10H2,1-4H3,(H2,18,23,24). The topological polar surface area (TPSA) is 119 Å². The molecule has 1 fully saturated rings. The van der Waals surface area contributed by atoms with Crippen LogP contribution < -0.4 is 9.88 Å². The summed E-state index contributed by atoms with van der Waals surface area (Å²) in [5, 5.41) is 5.15. The first-order valence-electron chi connectivity index (χ1n) is 8.40. The summed E-state index contributed by atoms with van der Waals surface area (Å²) in [6, 6.07) is 3.88. The zero-order chi connectivity index (χ0) is 20.4. The van der Waals surface area contributed by atoms with E-state index in [0.717, 1.165) is 0 Å². The van der Waals surface area contributed by atoms with Crippen LogP contribution in [0.4, 0.5) is 4.79 Å². The van der Waals surface area contributed by atoms with Gasteiger partial charge in [-0.2, -0.15) is 0 Å². The van der Waals surface area contributed by atoms with Crippen LogP contribution in [0.5, 0.6) is 5.75 Å². The van der Waals surface area contributed by atoms with E-state index < -0.39 is 21.7 Å². The predicted octanol–water partition coefficient (Wildman–Crippen LogP) is 1.04. The highest BCUT2D eigenvalue weighted by Crippen LogP contribution is 2.24. The van der Waals surface area contributed by atoms with Crippen molar-refractivity contribution < 1.29 is 27.5 Å². The van der Waals surface area contributed by atoms with E-state index in [0.29, 0.717) is 26.2 Å². The van der Waals surface area contributed by atoms with Gasteiger partial charge >= 0.3 is 6.09 Å². The van der Waals surface area contributed by atoms with E-state index in [1.165, 1.54) is 35.1 Å². The van der Waals surface area contributed by atoms with Crippen LogP contribution >= 0.6 is 0 Å². The predicted molar refractivity (Wildman–Crippen MR) is 98.1 cm³/mol. The number of nitrogens with two attached hydrogens (primary N) is 1. The molecule has 0 aliphatic carbocycles. The quantitative estimate of drug-likeness (QED) is 0.811. The fourth-order valence-electron chi connectivity index (χ4n) is 2.62. The summed E-state index contributed by atoms with van der Waals surface area (Å²) >= 11 is 0. The molecule has 0 aromatic heterocycles. The molecule has 0 spiro atoms. The van der Waals surface area contributed by atoms with E-state index in [-0.39, 0.29) is 22.1 Å². The van der Waals surface area contributed by atoms with Gasteiger partial charge in [-0.3, -0.25) is 4.79 Å². The van der Waals surface area contributed by atoms with Crippen molar-refractivity contribution in [3.63, 3.8) is 0 Å². The Hall–Kier alpha value is -2.33. The van der Waals surface area contributed by atoms with Crippen LogP contribution in [0.15, 0.2) is 23.1 Å². The number of piperazine rings is 1. The van der Waals surface area contributed by atoms with E-state index in [2.05, 4.69) is 0 Å². The summed E-state index contributed by atoms with van der Waals surface area (Å²) in [5.41, 5.74) is -0.485. The van der Waals surface area contributed by atoms with Gasteiger partial charge in [0, 0.05) is 26.2 Å². The van der Waals surface area contributed by atoms with Crippen molar-refractivity contribution in [2.75, 3.05) is 33.3 Å². The molecule has 2 rings (SSSR count). The number of carbonyl (C=O) groups excluding carboxylic acids is 2. The molecule has 1 aromatic carbocycles. The first-order valence-corrected chi connectivity index (χ1v) is 9.95. The fourth-order valence-corrected chi connectivity index (χ4v) is 3.16. The van der Waals surface area contributed by atoms with Gasteiger partial charge in [-0.1, -0.05) is 0 Å². The minimum atomic E-state index is -3.95. The highest BCUT2D eigenvalue weighted by molar-refractivity contribution is 7.89. The van der Waals surface area contributed by atoms with Crippen molar-refractivity contribution in [3.05, 3.63) is 23.8 Å². The van der Waals surface area contributed by atoms with Crippen LogP contribution in [-0.4, -0.2) is 69.1 Å². The summed E-state index contributed by atoms with van der Waals surface area (Å²) < 4.78 is 33.6. The Morgan fingerprint density at radius 1 is 1.07 bits per heavy atom. The molecule has 0 radical (unpaired) electrons. The van der Waals surface area contributed by atoms with Gasteiger partial charge in [0.2, 0.25) is 10.0 Å². The summed E-state index contributed by atoms with van der Waals surface area (Å²) in [6.07, 6.45) is -0.427. The van der Waals surface area contributed by atoms with E-state index in [1.807, 2.05) is 0 Å². The third-order valence-corrected chi connectivity index (χ3v) is 4.86. The molecule has 1 heterocycles. The summed E-state index contributed by atoms with van der Waals surface area (Å²) in [6.45, 7) is 6.58. The zero-order valence-corrected chi connectivity index (χ0v) is 16.7. The average Bonchev–Trinajstić information content (AvgIpc) is 2.58. The molecule has 1 saturated heterocycles.